The first-order valence-electron chi connectivity index (χ1n) is 3.91. The van der Waals surface area contributed by atoms with Crippen LogP contribution in [0.4, 0.5) is 0 Å². The molecule has 1 aromatic heterocycles. The van der Waals surface area contributed by atoms with E-state index >= 15 is 0 Å². The highest BCUT2D eigenvalue weighted by Gasteiger charge is 2.14. The average molecular weight is 189 g/mol. The van der Waals surface area contributed by atoms with E-state index < -0.39 is 6.10 Å². The molecule has 0 bridgehead atoms. The summed E-state index contributed by atoms with van der Waals surface area (Å²) in [6.45, 7) is 5.52. The number of aliphatic hydroxyl groups is 1. The maximum Gasteiger partial charge on any atom is 0.0815 e. The molecular weight excluding hydrogens is 176 g/mol. The number of aromatic nitrogens is 2. The lowest BCUT2D eigenvalue weighted by Crippen LogP contribution is -2.20. The van der Waals surface area contributed by atoms with E-state index in [9.17, 15) is 5.11 Å². The summed E-state index contributed by atoms with van der Waals surface area (Å²) in [4.78, 5) is 0. The lowest BCUT2D eigenvalue weighted by atomic mass is 10.2. The minimum absolute atomic E-state index is 0.0301. The van der Waals surface area contributed by atoms with E-state index in [0.29, 0.717) is 5.02 Å². The summed E-state index contributed by atoms with van der Waals surface area (Å²) in [6.07, 6.45) is 1.18. The van der Waals surface area contributed by atoms with E-state index in [2.05, 4.69) is 5.10 Å². The van der Waals surface area contributed by atoms with E-state index in [4.69, 9.17) is 11.6 Å². The smallest absolute Gasteiger partial charge is 0.0815 e. The number of aliphatic hydroxyl groups excluding tert-OH is 1. The van der Waals surface area contributed by atoms with Crippen LogP contribution >= 0.6 is 11.6 Å². The van der Waals surface area contributed by atoms with E-state index in [1.54, 1.807) is 17.8 Å². The summed E-state index contributed by atoms with van der Waals surface area (Å²) >= 11 is 5.81. The van der Waals surface area contributed by atoms with Gasteiger partial charge in [-0.2, -0.15) is 5.10 Å². The van der Waals surface area contributed by atoms with Crippen LogP contribution in [0.2, 0.25) is 5.02 Å². The van der Waals surface area contributed by atoms with Crippen molar-refractivity contribution in [2.24, 2.45) is 0 Å². The van der Waals surface area contributed by atoms with Crippen molar-refractivity contribution in [1.82, 2.24) is 9.78 Å². The monoisotopic (exact) mass is 188 g/mol. The predicted octanol–water partition coefficient (Wildman–Crippen LogP) is 1.79. The first kappa shape index (κ1) is 9.55. The van der Waals surface area contributed by atoms with Gasteiger partial charge in [-0.15, -0.1) is 0 Å². The second kappa shape index (κ2) is 3.46. The molecule has 1 rings (SSSR count). The summed E-state index contributed by atoms with van der Waals surface area (Å²) in [5.74, 6) is 0. The van der Waals surface area contributed by atoms with Crippen LogP contribution in [0.15, 0.2) is 6.20 Å². The van der Waals surface area contributed by atoms with Gasteiger partial charge in [0.15, 0.2) is 0 Å². The molecule has 2 atom stereocenters. The Morgan fingerprint density at radius 3 is 2.50 bits per heavy atom. The summed E-state index contributed by atoms with van der Waals surface area (Å²) in [6, 6.07) is -0.0301. The molecule has 0 fully saturated rings. The fourth-order valence-corrected chi connectivity index (χ4v) is 1.15. The Balaban J connectivity index is 2.95. The quantitative estimate of drug-likeness (QED) is 0.769. The molecule has 0 aliphatic carbocycles. The van der Waals surface area contributed by atoms with Gasteiger partial charge in [0.05, 0.1) is 29.1 Å². The van der Waals surface area contributed by atoms with Crippen molar-refractivity contribution < 1.29 is 5.11 Å². The normalized spacial score (nSPS) is 16.1. The van der Waals surface area contributed by atoms with E-state index in [1.165, 1.54) is 0 Å². The van der Waals surface area contributed by atoms with Gasteiger partial charge in [-0.3, -0.25) is 4.68 Å². The van der Waals surface area contributed by atoms with Crippen molar-refractivity contribution in [1.29, 1.82) is 0 Å². The maximum absolute atomic E-state index is 9.30. The third kappa shape index (κ3) is 1.62. The van der Waals surface area contributed by atoms with E-state index in [0.717, 1.165) is 5.69 Å². The highest BCUT2D eigenvalue weighted by atomic mass is 35.5. The Labute approximate surface area is 77.0 Å². The average Bonchev–Trinajstić information content (AvgIpc) is 2.32. The number of rotatable bonds is 2. The van der Waals surface area contributed by atoms with Gasteiger partial charge in [-0.25, -0.2) is 0 Å². The molecule has 0 spiro atoms. The van der Waals surface area contributed by atoms with Crippen LogP contribution in [0, 0.1) is 6.92 Å². The summed E-state index contributed by atoms with van der Waals surface area (Å²) < 4.78 is 1.73. The Bertz CT molecular complexity index is 270. The zero-order valence-electron chi connectivity index (χ0n) is 7.45. The summed E-state index contributed by atoms with van der Waals surface area (Å²) in [7, 11) is 0. The molecule has 3 nitrogen and oxygen atoms in total. The van der Waals surface area contributed by atoms with Crippen LogP contribution < -0.4 is 0 Å². The van der Waals surface area contributed by atoms with Crippen LogP contribution in [0.1, 0.15) is 25.6 Å². The van der Waals surface area contributed by atoms with Crippen molar-refractivity contribution in [2.75, 3.05) is 0 Å². The van der Waals surface area contributed by atoms with Gasteiger partial charge in [-0.1, -0.05) is 11.6 Å². The van der Waals surface area contributed by atoms with Gasteiger partial charge in [0.1, 0.15) is 0 Å². The van der Waals surface area contributed by atoms with Crippen molar-refractivity contribution in [3.63, 3.8) is 0 Å². The zero-order chi connectivity index (χ0) is 9.30. The molecule has 0 aliphatic heterocycles. The Kier molecular flexibility index (Phi) is 2.75. The van der Waals surface area contributed by atoms with Crippen molar-refractivity contribution in [2.45, 2.75) is 32.9 Å². The molecule has 1 N–H and O–H groups in total. The van der Waals surface area contributed by atoms with E-state index in [-0.39, 0.29) is 6.04 Å². The van der Waals surface area contributed by atoms with Crippen molar-refractivity contribution in [3.8, 4) is 0 Å². The Morgan fingerprint density at radius 1 is 1.58 bits per heavy atom. The molecule has 68 valence electrons. The Morgan fingerprint density at radius 2 is 2.17 bits per heavy atom. The minimum Gasteiger partial charge on any atom is -0.391 e. The lowest BCUT2D eigenvalue weighted by Gasteiger charge is -2.16. The molecular formula is C8H13ClN2O. The standard InChI is InChI=1S/C8H13ClN2O/c1-5(7(3)12)11-6(2)8(9)4-10-11/h4-5,7,12H,1-3H3. The molecule has 0 saturated heterocycles. The summed E-state index contributed by atoms with van der Waals surface area (Å²) in [5.41, 5.74) is 0.894. The highest BCUT2D eigenvalue weighted by molar-refractivity contribution is 6.31. The van der Waals surface area contributed by atoms with Crippen LogP contribution in [-0.4, -0.2) is 21.0 Å². The molecule has 0 aromatic carbocycles. The molecule has 1 heterocycles. The van der Waals surface area contributed by atoms with Gasteiger partial charge in [-0.05, 0) is 20.8 Å². The van der Waals surface area contributed by atoms with Gasteiger partial charge >= 0.3 is 0 Å². The summed E-state index contributed by atoms with van der Waals surface area (Å²) in [5, 5.41) is 14.0. The van der Waals surface area contributed by atoms with E-state index in [1.807, 2.05) is 13.8 Å². The number of halogens is 1. The SMILES string of the molecule is Cc1c(Cl)cnn1C(C)C(C)O. The molecule has 0 amide bonds. The van der Waals surface area contributed by atoms with Crippen LogP contribution in [0.5, 0.6) is 0 Å². The predicted molar refractivity (Wildman–Crippen MR) is 48.4 cm³/mol. The number of hydrogen-bond donors (Lipinski definition) is 1. The molecule has 4 heteroatoms. The van der Waals surface area contributed by atoms with Crippen LogP contribution in [0.3, 0.4) is 0 Å². The molecule has 0 aliphatic rings. The zero-order valence-corrected chi connectivity index (χ0v) is 8.21. The van der Waals surface area contributed by atoms with Crippen LogP contribution in [-0.2, 0) is 0 Å². The Hall–Kier alpha value is -0.540. The van der Waals surface area contributed by atoms with Crippen molar-refractivity contribution in [3.05, 3.63) is 16.9 Å². The van der Waals surface area contributed by atoms with Crippen LogP contribution in [0.25, 0.3) is 0 Å². The largest absolute Gasteiger partial charge is 0.391 e. The molecule has 12 heavy (non-hydrogen) atoms. The molecule has 1 aromatic rings. The molecule has 0 saturated carbocycles. The first-order chi connectivity index (χ1) is 5.54. The first-order valence-corrected chi connectivity index (χ1v) is 4.29. The van der Waals surface area contributed by atoms with Gasteiger partial charge in [0.25, 0.3) is 0 Å². The third-order valence-electron chi connectivity index (χ3n) is 2.07. The van der Waals surface area contributed by atoms with Gasteiger partial charge < -0.3 is 5.11 Å². The minimum atomic E-state index is -0.417. The lowest BCUT2D eigenvalue weighted by molar-refractivity contribution is 0.131. The third-order valence-corrected chi connectivity index (χ3v) is 2.44. The highest BCUT2D eigenvalue weighted by Crippen LogP contribution is 2.19. The fraction of sp³-hybridized carbons (Fsp3) is 0.625. The second-order valence-electron chi connectivity index (χ2n) is 3.00. The van der Waals surface area contributed by atoms with Gasteiger partial charge in [0.2, 0.25) is 0 Å². The second-order valence-corrected chi connectivity index (χ2v) is 3.41. The number of hydrogen-bond acceptors (Lipinski definition) is 2. The van der Waals surface area contributed by atoms with Crippen molar-refractivity contribution >= 4 is 11.6 Å². The fourth-order valence-electron chi connectivity index (χ4n) is 1.02. The molecule has 0 radical (unpaired) electrons. The topological polar surface area (TPSA) is 38.0 Å². The molecule has 2 unspecified atom stereocenters. The van der Waals surface area contributed by atoms with Gasteiger partial charge in [0, 0.05) is 0 Å². The maximum atomic E-state index is 9.30. The number of nitrogens with zero attached hydrogens (tertiary/aromatic N) is 2.